The molecule has 2 heterocycles. The predicted octanol–water partition coefficient (Wildman–Crippen LogP) is 2.49. The van der Waals surface area contributed by atoms with Gasteiger partial charge in [0.2, 0.25) is 0 Å². The Hall–Kier alpha value is -1.57. The van der Waals surface area contributed by atoms with E-state index in [0.717, 1.165) is 5.69 Å². The van der Waals surface area contributed by atoms with Gasteiger partial charge in [-0.25, -0.2) is 0 Å². The second kappa shape index (κ2) is 3.44. The van der Waals surface area contributed by atoms with Gasteiger partial charge in [-0.2, -0.15) is 0 Å². The van der Waals surface area contributed by atoms with Crippen molar-refractivity contribution in [1.29, 1.82) is 0 Å². The molecule has 0 saturated heterocycles. The highest BCUT2D eigenvalue weighted by Crippen LogP contribution is 2.14. The van der Waals surface area contributed by atoms with E-state index in [1.165, 1.54) is 0 Å². The second-order valence-electron chi connectivity index (χ2n) is 3.06. The van der Waals surface area contributed by atoms with Crippen molar-refractivity contribution in [2.45, 2.75) is 13.0 Å². The van der Waals surface area contributed by atoms with Crippen LogP contribution in [0.4, 0.5) is 0 Å². The van der Waals surface area contributed by atoms with Crippen LogP contribution in [0.2, 0.25) is 0 Å². The highest BCUT2D eigenvalue weighted by Gasteiger charge is 2.05. The van der Waals surface area contributed by atoms with Gasteiger partial charge in [-0.15, -0.1) is 0 Å². The van der Waals surface area contributed by atoms with E-state index >= 15 is 0 Å². The van der Waals surface area contributed by atoms with Crippen LogP contribution in [0.5, 0.6) is 0 Å². The molecule has 0 bridgehead atoms. The first-order chi connectivity index (χ1) is 6.38. The lowest BCUT2D eigenvalue weighted by molar-refractivity contribution is 0.624. The summed E-state index contributed by atoms with van der Waals surface area (Å²) in [6, 6.07) is 10.4. The smallest absolute Gasteiger partial charge is 0.0723 e. The minimum Gasteiger partial charge on any atom is -0.346 e. The summed E-state index contributed by atoms with van der Waals surface area (Å²) < 4.78 is 2.14. The van der Waals surface area contributed by atoms with Crippen LogP contribution in [-0.4, -0.2) is 9.55 Å². The van der Waals surface area contributed by atoms with Crippen molar-refractivity contribution < 1.29 is 0 Å². The maximum Gasteiger partial charge on any atom is 0.0723 e. The van der Waals surface area contributed by atoms with Gasteiger partial charge in [0.05, 0.1) is 11.7 Å². The molecule has 2 rings (SSSR count). The third kappa shape index (κ3) is 1.61. The summed E-state index contributed by atoms with van der Waals surface area (Å²) in [5.41, 5.74) is 1.10. The third-order valence-electron chi connectivity index (χ3n) is 2.19. The Balaban J connectivity index is 2.29. The van der Waals surface area contributed by atoms with E-state index in [9.17, 15) is 0 Å². The summed E-state index contributed by atoms with van der Waals surface area (Å²) in [5, 5.41) is 0. The van der Waals surface area contributed by atoms with Crippen LogP contribution in [0.25, 0.3) is 0 Å². The number of nitrogens with zero attached hydrogens (tertiary/aromatic N) is 2. The molecule has 0 fully saturated rings. The Labute approximate surface area is 77.9 Å². The van der Waals surface area contributed by atoms with Gasteiger partial charge in [-0.05, 0) is 31.2 Å². The molecule has 0 aliphatic carbocycles. The quantitative estimate of drug-likeness (QED) is 0.680. The summed E-state index contributed by atoms with van der Waals surface area (Å²) >= 11 is 0. The molecule has 0 radical (unpaired) electrons. The minimum atomic E-state index is 0.316. The molecule has 2 aromatic rings. The fourth-order valence-corrected chi connectivity index (χ4v) is 1.38. The number of pyridine rings is 1. The zero-order valence-corrected chi connectivity index (χ0v) is 7.59. The summed E-state index contributed by atoms with van der Waals surface area (Å²) in [6.07, 6.45) is 5.94. The zero-order chi connectivity index (χ0) is 9.10. The predicted molar refractivity (Wildman–Crippen MR) is 52.5 cm³/mol. The van der Waals surface area contributed by atoms with Gasteiger partial charge in [0.1, 0.15) is 0 Å². The summed E-state index contributed by atoms with van der Waals surface area (Å²) in [5.74, 6) is 0. The Morgan fingerprint density at radius 2 is 1.92 bits per heavy atom. The van der Waals surface area contributed by atoms with E-state index in [0.29, 0.717) is 6.04 Å². The van der Waals surface area contributed by atoms with E-state index in [1.54, 1.807) is 0 Å². The summed E-state index contributed by atoms with van der Waals surface area (Å²) in [7, 11) is 0. The largest absolute Gasteiger partial charge is 0.346 e. The maximum atomic E-state index is 4.31. The standard InChI is InChI=1S/C11H12N2/c1-10(13-8-4-5-9-13)11-6-2-3-7-12-11/h2-10H,1H3. The molecule has 0 aromatic carbocycles. The monoisotopic (exact) mass is 172 g/mol. The van der Waals surface area contributed by atoms with Crippen molar-refractivity contribution >= 4 is 0 Å². The van der Waals surface area contributed by atoms with Crippen molar-refractivity contribution in [2.75, 3.05) is 0 Å². The Bertz CT molecular complexity index is 351. The van der Waals surface area contributed by atoms with Gasteiger partial charge in [0.15, 0.2) is 0 Å². The molecule has 66 valence electrons. The molecule has 2 heteroatoms. The fraction of sp³-hybridized carbons (Fsp3) is 0.182. The Kier molecular flexibility index (Phi) is 2.13. The first-order valence-electron chi connectivity index (χ1n) is 4.41. The van der Waals surface area contributed by atoms with E-state index in [4.69, 9.17) is 0 Å². The molecule has 0 aliphatic heterocycles. The molecular weight excluding hydrogens is 160 g/mol. The highest BCUT2D eigenvalue weighted by molar-refractivity contribution is 5.10. The topological polar surface area (TPSA) is 17.8 Å². The Morgan fingerprint density at radius 3 is 2.54 bits per heavy atom. The molecule has 0 N–H and O–H groups in total. The van der Waals surface area contributed by atoms with E-state index in [-0.39, 0.29) is 0 Å². The molecule has 13 heavy (non-hydrogen) atoms. The number of hydrogen-bond donors (Lipinski definition) is 0. The molecule has 2 nitrogen and oxygen atoms in total. The van der Waals surface area contributed by atoms with Gasteiger partial charge >= 0.3 is 0 Å². The average Bonchev–Trinajstić information content (AvgIpc) is 2.71. The fourth-order valence-electron chi connectivity index (χ4n) is 1.38. The molecule has 1 unspecified atom stereocenters. The molecule has 0 amide bonds. The molecule has 0 saturated carbocycles. The second-order valence-corrected chi connectivity index (χ2v) is 3.06. The van der Waals surface area contributed by atoms with Crippen molar-refractivity contribution in [2.24, 2.45) is 0 Å². The van der Waals surface area contributed by atoms with E-state index in [1.807, 2.05) is 36.5 Å². The summed E-state index contributed by atoms with van der Waals surface area (Å²) in [6.45, 7) is 2.14. The van der Waals surface area contributed by atoms with Gasteiger partial charge in [0, 0.05) is 18.6 Å². The van der Waals surface area contributed by atoms with Crippen molar-refractivity contribution in [1.82, 2.24) is 9.55 Å². The van der Waals surface area contributed by atoms with Crippen molar-refractivity contribution in [3.63, 3.8) is 0 Å². The number of aromatic nitrogens is 2. The Morgan fingerprint density at radius 1 is 1.15 bits per heavy atom. The van der Waals surface area contributed by atoms with Crippen LogP contribution in [0.1, 0.15) is 18.7 Å². The molecule has 1 atom stereocenters. The van der Waals surface area contributed by atoms with E-state index < -0.39 is 0 Å². The van der Waals surface area contributed by atoms with Gasteiger partial charge < -0.3 is 4.57 Å². The van der Waals surface area contributed by atoms with Gasteiger partial charge in [-0.3, -0.25) is 4.98 Å². The lowest BCUT2D eigenvalue weighted by Gasteiger charge is -2.12. The minimum absolute atomic E-state index is 0.316. The summed E-state index contributed by atoms with van der Waals surface area (Å²) in [4.78, 5) is 4.31. The molecular formula is C11H12N2. The third-order valence-corrected chi connectivity index (χ3v) is 2.19. The van der Waals surface area contributed by atoms with Crippen molar-refractivity contribution in [3.05, 3.63) is 54.6 Å². The highest BCUT2D eigenvalue weighted by atomic mass is 15.0. The lowest BCUT2D eigenvalue weighted by Crippen LogP contribution is -2.05. The van der Waals surface area contributed by atoms with E-state index in [2.05, 4.69) is 28.9 Å². The SMILES string of the molecule is CC(c1ccccn1)n1cccc1. The van der Waals surface area contributed by atoms with Crippen LogP contribution < -0.4 is 0 Å². The zero-order valence-electron chi connectivity index (χ0n) is 7.59. The van der Waals surface area contributed by atoms with Crippen LogP contribution in [0, 0.1) is 0 Å². The molecule has 0 spiro atoms. The van der Waals surface area contributed by atoms with Crippen LogP contribution >= 0.6 is 0 Å². The lowest BCUT2D eigenvalue weighted by atomic mass is 10.2. The average molecular weight is 172 g/mol. The normalized spacial score (nSPS) is 12.7. The maximum absolute atomic E-state index is 4.31. The van der Waals surface area contributed by atoms with Crippen LogP contribution in [0.3, 0.4) is 0 Å². The van der Waals surface area contributed by atoms with Gasteiger partial charge in [-0.1, -0.05) is 6.07 Å². The molecule has 2 aromatic heterocycles. The first-order valence-corrected chi connectivity index (χ1v) is 4.41. The van der Waals surface area contributed by atoms with Crippen LogP contribution in [0.15, 0.2) is 48.9 Å². The number of hydrogen-bond acceptors (Lipinski definition) is 1. The van der Waals surface area contributed by atoms with Crippen LogP contribution in [-0.2, 0) is 0 Å². The first kappa shape index (κ1) is 8.05. The molecule has 0 aliphatic rings. The van der Waals surface area contributed by atoms with Crippen molar-refractivity contribution in [3.8, 4) is 0 Å². The van der Waals surface area contributed by atoms with Gasteiger partial charge in [0.25, 0.3) is 0 Å². The number of rotatable bonds is 2.